The molecule has 0 amide bonds. The van der Waals surface area contributed by atoms with Crippen LogP contribution in [0.25, 0.3) is 10.7 Å². The zero-order valence-corrected chi connectivity index (χ0v) is 15.9. The lowest BCUT2D eigenvalue weighted by atomic mass is 10.2. The Hall–Kier alpha value is -2.85. The highest BCUT2D eigenvalue weighted by atomic mass is 32.1. The van der Waals surface area contributed by atoms with E-state index < -0.39 is 10.7 Å². The summed E-state index contributed by atoms with van der Waals surface area (Å²) in [6, 6.07) is 7.60. The van der Waals surface area contributed by atoms with Gasteiger partial charge in [0.25, 0.3) is 5.69 Å². The van der Waals surface area contributed by atoms with Crippen molar-refractivity contribution in [3.63, 3.8) is 0 Å². The minimum absolute atomic E-state index is 0.0509. The third kappa shape index (κ3) is 3.60. The number of hydrogen-bond donors (Lipinski definition) is 0. The number of anilines is 1. The Morgan fingerprint density at radius 1 is 1.29 bits per heavy atom. The fourth-order valence-corrected chi connectivity index (χ4v) is 3.93. The van der Waals surface area contributed by atoms with Crippen LogP contribution >= 0.6 is 11.3 Å². The van der Waals surface area contributed by atoms with Crippen molar-refractivity contribution in [1.29, 1.82) is 0 Å². The van der Waals surface area contributed by atoms with Crippen molar-refractivity contribution in [2.75, 3.05) is 31.1 Å². The topological polar surface area (TPSA) is 88.5 Å². The van der Waals surface area contributed by atoms with E-state index in [1.54, 1.807) is 11.3 Å². The number of aromatic nitrogens is 2. The number of rotatable bonds is 5. The van der Waals surface area contributed by atoms with Gasteiger partial charge >= 0.3 is 0 Å². The molecular weight excluding hydrogens is 385 g/mol. The van der Waals surface area contributed by atoms with Crippen molar-refractivity contribution in [2.24, 2.45) is 0 Å². The third-order valence-electron chi connectivity index (χ3n) is 4.89. The zero-order chi connectivity index (χ0) is 19.7. The summed E-state index contributed by atoms with van der Waals surface area (Å²) in [5.74, 6) is 0.565. The number of hydrogen-bond acceptors (Lipinski definition) is 8. The van der Waals surface area contributed by atoms with E-state index in [0.717, 1.165) is 10.9 Å². The Bertz CT molecular complexity index is 970. The molecule has 8 nitrogen and oxygen atoms in total. The van der Waals surface area contributed by atoms with Crippen molar-refractivity contribution < 1.29 is 13.8 Å². The van der Waals surface area contributed by atoms with Gasteiger partial charge in [-0.2, -0.15) is 4.98 Å². The second-order valence-corrected chi connectivity index (χ2v) is 7.47. The van der Waals surface area contributed by atoms with Crippen LogP contribution in [0.1, 0.15) is 18.9 Å². The van der Waals surface area contributed by atoms with Gasteiger partial charge in [0.15, 0.2) is 5.82 Å². The zero-order valence-electron chi connectivity index (χ0n) is 15.1. The molecule has 1 aromatic carbocycles. The molecule has 146 valence electrons. The minimum atomic E-state index is -0.596. The van der Waals surface area contributed by atoms with Crippen LogP contribution in [-0.2, 0) is 0 Å². The summed E-state index contributed by atoms with van der Waals surface area (Å²) in [6.45, 7) is 4.59. The van der Waals surface area contributed by atoms with Crippen LogP contribution in [0.5, 0.6) is 0 Å². The summed E-state index contributed by atoms with van der Waals surface area (Å²) < 4.78 is 19.7. The summed E-state index contributed by atoms with van der Waals surface area (Å²) in [5, 5.41) is 16.8. The van der Waals surface area contributed by atoms with Crippen LogP contribution in [0.15, 0.2) is 40.2 Å². The molecule has 4 rings (SSSR count). The van der Waals surface area contributed by atoms with Crippen LogP contribution in [-0.4, -0.2) is 46.1 Å². The first-order valence-electron chi connectivity index (χ1n) is 8.83. The highest BCUT2D eigenvalue weighted by molar-refractivity contribution is 7.13. The molecule has 0 bridgehead atoms. The molecule has 0 spiro atoms. The van der Waals surface area contributed by atoms with Crippen LogP contribution in [0.3, 0.4) is 0 Å². The van der Waals surface area contributed by atoms with E-state index >= 15 is 0 Å². The van der Waals surface area contributed by atoms with Crippen molar-refractivity contribution in [2.45, 2.75) is 13.0 Å². The predicted molar refractivity (Wildman–Crippen MR) is 103 cm³/mol. The lowest BCUT2D eigenvalue weighted by Crippen LogP contribution is -2.47. The standard InChI is InChI=1S/C18H18FN5O3S/c1-12(18-20-17(21-27-18)16-3-2-10-28-16)22-6-8-23(9-7-22)15-5-4-13(24(25)26)11-14(15)19/h2-5,10-12H,6-9H2,1H3. The molecule has 0 aliphatic carbocycles. The first kappa shape index (κ1) is 18.5. The maximum atomic E-state index is 14.3. The summed E-state index contributed by atoms with van der Waals surface area (Å²) in [4.78, 5) is 19.7. The number of nitrogens with zero attached hydrogens (tertiary/aromatic N) is 5. The molecule has 1 fully saturated rings. The molecule has 0 radical (unpaired) electrons. The fourth-order valence-electron chi connectivity index (χ4n) is 3.28. The fraction of sp³-hybridized carbons (Fsp3) is 0.333. The number of piperazine rings is 1. The molecule has 2 aromatic heterocycles. The highest BCUT2D eigenvalue weighted by Gasteiger charge is 2.27. The van der Waals surface area contributed by atoms with Crippen molar-refractivity contribution in [3.05, 3.63) is 57.5 Å². The van der Waals surface area contributed by atoms with Crippen LogP contribution < -0.4 is 4.90 Å². The Morgan fingerprint density at radius 2 is 2.07 bits per heavy atom. The number of non-ortho nitro benzene ring substituents is 1. The Morgan fingerprint density at radius 3 is 2.71 bits per heavy atom. The summed E-state index contributed by atoms with van der Waals surface area (Å²) in [6.07, 6.45) is 0. The average Bonchev–Trinajstić information content (AvgIpc) is 3.39. The van der Waals surface area contributed by atoms with E-state index in [9.17, 15) is 14.5 Å². The second kappa shape index (κ2) is 7.64. The van der Waals surface area contributed by atoms with Gasteiger partial charge in [-0.05, 0) is 24.4 Å². The minimum Gasteiger partial charge on any atom is -0.367 e. The van der Waals surface area contributed by atoms with Gasteiger partial charge in [0.1, 0.15) is 0 Å². The molecule has 28 heavy (non-hydrogen) atoms. The SMILES string of the molecule is CC(c1nc(-c2cccs2)no1)N1CCN(c2ccc([N+](=O)[O-])cc2F)CC1. The maximum Gasteiger partial charge on any atom is 0.272 e. The largest absolute Gasteiger partial charge is 0.367 e. The van der Waals surface area contributed by atoms with Gasteiger partial charge in [0.05, 0.1) is 27.6 Å². The molecule has 1 unspecified atom stereocenters. The molecule has 10 heteroatoms. The van der Waals surface area contributed by atoms with Crippen molar-refractivity contribution >= 4 is 22.7 Å². The Kier molecular flexibility index (Phi) is 5.05. The summed E-state index contributed by atoms with van der Waals surface area (Å²) in [7, 11) is 0. The van der Waals surface area contributed by atoms with Crippen molar-refractivity contribution in [3.8, 4) is 10.7 Å². The molecule has 0 saturated carbocycles. The van der Waals surface area contributed by atoms with Crippen LogP contribution in [0.4, 0.5) is 15.8 Å². The van der Waals surface area contributed by atoms with Gasteiger partial charge in [-0.25, -0.2) is 4.39 Å². The normalized spacial score (nSPS) is 16.3. The lowest BCUT2D eigenvalue weighted by molar-refractivity contribution is -0.385. The number of nitro groups is 1. The molecule has 1 atom stereocenters. The van der Waals surface area contributed by atoms with Gasteiger partial charge in [0, 0.05) is 32.2 Å². The van der Waals surface area contributed by atoms with E-state index in [1.807, 2.05) is 29.3 Å². The van der Waals surface area contributed by atoms with Gasteiger partial charge < -0.3 is 9.42 Å². The maximum absolute atomic E-state index is 14.3. The summed E-state index contributed by atoms with van der Waals surface area (Å²) in [5.41, 5.74) is 0.141. The van der Waals surface area contributed by atoms with E-state index in [-0.39, 0.29) is 11.7 Å². The van der Waals surface area contributed by atoms with E-state index in [2.05, 4.69) is 15.0 Å². The smallest absolute Gasteiger partial charge is 0.272 e. The molecule has 1 aliphatic rings. The Labute approximate surface area is 164 Å². The number of halogens is 1. The lowest BCUT2D eigenvalue weighted by Gasteiger charge is -2.38. The van der Waals surface area contributed by atoms with E-state index in [0.29, 0.717) is 43.6 Å². The van der Waals surface area contributed by atoms with Crippen LogP contribution in [0, 0.1) is 15.9 Å². The summed E-state index contributed by atoms with van der Waals surface area (Å²) >= 11 is 1.56. The van der Waals surface area contributed by atoms with Gasteiger partial charge in [-0.3, -0.25) is 15.0 Å². The molecule has 3 heterocycles. The molecule has 0 N–H and O–H groups in total. The number of benzene rings is 1. The van der Waals surface area contributed by atoms with Gasteiger partial charge in [-0.1, -0.05) is 11.2 Å². The third-order valence-corrected chi connectivity index (χ3v) is 5.75. The van der Waals surface area contributed by atoms with E-state index in [1.165, 1.54) is 12.1 Å². The monoisotopic (exact) mass is 403 g/mol. The molecule has 1 aliphatic heterocycles. The van der Waals surface area contributed by atoms with Gasteiger partial charge in [0.2, 0.25) is 11.7 Å². The highest BCUT2D eigenvalue weighted by Crippen LogP contribution is 2.28. The second-order valence-electron chi connectivity index (χ2n) is 6.53. The van der Waals surface area contributed by atoms with Crippen molar-refractivity contribution in [1.82, 2.24) is 15.0 Å². The molecule has 3 aromatic rings. The van der Waals surface area contributed by atoms with Crippen LogP contribution in [0.2, 0.25) is 0 Å². The average molecular weight is 403 g/mol. The first-order chi connectivity index (χ1) is 13.5. The van der Waals surface area contributed by atoms with Gasteiger partial charge in [-0.15, -0.1) is 11.3 Å². The molecular formula is C18H18FN5O3S. The first-order valence-corrected chi connectivity index (χ1v) is 9.71. The quantitative estimate of drug-likeness (QED) is 0.474. The molecule has 1 saturated heterocycles. The predicted octanol–water partition coefficient (Wildman–Crippen LogP) is 3.73. The van der Waals surface area contributed by atoms with E-state index in [4.69, 9.17) is 4.52 Å². The number of nitro benzene ring substituents is 1. The number of thiophene rings is 1. The Balaban J connectivity index is 1.41.